The molecule has 0 unspecified atom stereocenters. The molecule has 2 aromatic heterocycles. The van der Waals surface area contributed by atoms with Gasteiger partial charge >= 0.3 is 12.0 Å². The van der Waals surface area contributed by atoms with Crippen LogP contribution < -0.4 is 5.32 Å². The number of hydrogen-bond acceptors (Lipinski definition) is 6. The van der Waals surface area contributed by atoms with E-state index in [4.69, 9.17) is 4.74 Å². The number of esters is 1. The Morgan fingerprint density at radius 3 is 3.00 bits per heavy atom. The topological polar surface area (TPSA) is 100 Å². The first-order valence-corrected chi connectivity index (χ1v) is 10.1. The molecule has 1 aliphatic rings. The van der Waals surface area contributed by atoms with Crippen LogP contribution in [-0.4, -0.2) is 63.6 Å². The molecule has 0 spiro atoms. The molecule has 0 fully saturated rings. The van der Waals surface area contributed by atoms with Gasteiger partial charge in [0.15, 0.2) is 0 Å². The summed E-state index contributed by atoms with van der Waals surface area (Å²) in [6.07, 6.45) is 6.46. The van der Waals surface area contributed by atoms with Crippen molar-refractivity contribution in [1.29, 1.82) is 0 Å². The molecule has 27 heavy (non-hydrogen) atoms. The number of carbonyl (C=O) groups is 2. The number of nitrogens with zero attached hydrogens (tertiary/aromatic N) is 3. The minimum atomic E-state index is -0.681. The van der Waals surface area contributed by atoms with Gasteiger partial charge in [-0.1, -0.05) is 6.07 Å². The highest BCUT2D eigenvalue weighted by Gasteiger charge is 2.36. The van der Waals surface area contributed by atoms with Gasteiger partial charge in [-0.2, -0.15) is 11.8 Å². The lowest BCUT2D eigenvalue weighted by Gasteiger charge is -2.35. The maximum atomic E-state index is 13.0. The second kappa shape index (κ2) is 8.90. The van der Waals surface area contributed by atoms with E-state index in [-0.39, 0.29) is 6.03 Å². The minimum Gasteiger partial charge on any atom is -0.467 e. The highest BCUT2D eigenvalue weighted by Crippen LogP contribution is 2.32. The van der Waals surface area contributed by atoms with Crippen LogP contribution in [0.1, 0.15) is 29.5 Å². The monoisotopic (exact) mass is 389 g/mol. The molecule has 3 rings (SSSR count). The molecule has 3 heterocycles. The van der Waals surface area contributed by atoms with E-state index in [1.54, 1.807) is 29.2 Å². The number of fused-ring (bicyclic) bond motifs is 1. The second-order valence-corrected chi connectivity index (χ2v) is 7.16. The summed E-state index contributed by atoms with van der Waals surface area (Å²) in [5.41, 5.74) is 2.52. The molecule has 1 aliphatic heterocycles. The third kappa shape index (κ3) is 4.24. The zero-order valence-electron chi connectivity index (χ0n) is 15.3. The highest BCUT2D eigenvalue weighted by molar-refractivity contribution is 7.98. The standard InChI is InChI=1S/C18H23N5O3S/c1-26-17(24)14(7-10-27-2)22-18(25)23-9-6-12-15(21-11-20-12)16(23)13-5-3-4-8-19-13/h3-5,8,11,14,16H,6-7,9-10H2,1-2H3,(H,20,21)(H,22,25)/t14-,16-/m1/s1. The van der Waals surface area contributed by atoms with E-state index >= 15 is 0 Å². The van der Waals surface area contributed by atoms with Gasteiger partial charge in [0.2, 0.25) is 0 Å². The molecule has 2 N–H and O–H groups in total. The fourth-order valence-corrected chi connectivity index (χ4v) is 3.66. The summed E-state index contributed by atoms with van der Waals surface area (Å²) in [5.74, 6) is 0.303. The quantitative estimate of drug-likeness (QED) is 0.730. The second-order valence-electron chi connectivity index (χ2n) is 6.17. The van der Waals surface area contributed by atoms with Crippen LogP contribution in [0.25, 0.3) is 0 Å². The van der Waals surface area contributed by atoms with Crippen LogP contribution in [-0.2, 0) is 16.0 Å². The van der Waals surface area contributed by atoms with Crippen LogP contribution in [0.4, 0.5) is 4.79 Å². The summed E-state index contributed by atoms with van der Waals surface area (Å²) < 4.78 is 4.84. The summed E-state index contributed by atoms with van der Waals surface area (Å²) in [5, 5.41) is 2.83. The molecule has 0 aliphatic carbocycles. The Kier molecular flexibility index (Phi) is 6.33. The number of H-pyrrole nitrogens is 1. The van der Waals surface area contributed by atoms with E-state index < -0.39 is 18.1 Å². The predicted molar refractivity (Wildman–Crippen MR) is 102 cm³/mol. The maximum Gasteiger partial charge on any atom is 0.328 e. The Balaban J connectivity index is 1.85. The van der Waals surface area contributed by atoms with Gasteiger partial charge < -0.3 is 19.9 Å². The van der Waals surface area contributed by atoms with E-state index in [9.17, 15) is 9.59 Å². The first-order chi connectivity index (χ1) is 13.2. The van der Waals surface area contributed by atoms with Crippen molar-refractivity contribution in [2.45, 2.75) is 24.9 Å². The number of imidazole rings is 1. The molecule has 0 radical (unpaired) electrons. The SMILES string of the molecule is COC(=O)[C@@H](CCSC)NC(=O)N1CCc2[nH]cnc2[C@H]1c1ccccn1. The molecular weight excluding hydrogens is 366 g/mol. The average Bonchev–Trinajstić information content (AvgIpc) is 3.19. The van der Waals surface area contributed by atoms with Gasteiger partial charge in [0.1, 0.15) is 12.1 Å². The van der Waals surface area contributed by atoms with E-state index in [2.05, 4.69) is 20.3 Å². The molecule has 0 saturated heterocycles. The number of hydrogen-bond donors (Lipinski definition) is 2. The lowest BCUT2D eigenvalue weighted by atomic mass is 9.99. The zero-order chi connectivity index (χ0) is 19.2. The number of carbonyl (C=O) groups excluding carboxylic acids is 2. The first kappa shape index (κ1) is 19.2. The van der Waals surface area contributed by atoms with Crippen molar-refractivity contribution in [2.75, 3.05) is 25.7 Å². The van der Waals surface area contributed by atoms with Gasteiger partial charge in [0.25, 0.3) is 0 Å². The highest BCUT2D eigenvalue weighted by atomic mass is 32.2. The summed E-state index contributed by atoms with van der Waals surface area (Å²) in [6, 6.07) is 4.18. The van der Waals surface area contributed by atoms with Crippen molar-refractivity contribution < 1.29 is 14.3 Å². The lowest BCUT2D eigenvalue weighted by molar-refractivity contribution is -0.142. The maximum absolute atomic E-state index is 13.0. The summed E-state index contributed by atoms with van der Waals surface area (Å²) in [7, 11) is 1.33. The van der Waals surface area contributed by atoms with E-state index in [0.29, 0.717) is 19.4 Å². The Labute approximate surface area is 162 Å². The Morgan fingerprint density at radius 2 is 2.30 bits per heavy atom. The number of aromatic amines is 1. The largest absolute Gasteiger partial charge is 0.467 e. The van der Waals surface area contributed by atoms with Crippen molar-refractivity contribution in [2.24, 2.45) is 0 Å². The van der Waals surface area contributed by atoms with Gasteiger partial charge in [0, 0.05) is 24.9 Å². The molecule has 0 bridgehead atoms. The van der Waals surface area contributed by atoms with Gasteiger partial charge in [-0.05, 0) is 30.6 Å². The molecule has 0 aromatic carbocycles. The number of methoxy groups -OCH3 is 1. The first-order valence-electron chi connectivity index (χ1n) is 8.72. The van der Waals surface area contributed by atoms with Crippen LogP contribution in [0.5, 0.6) is 0 Å². The number of nitrogens with one attached hydrogen (secondary N) is 2. The van der Waals surface area contributed by atoms with E-state index in [1.807, 2.05) is 24.5 Å². The summed E-state index contributed by atoms with van der Waals surface area (Å²) in [4.78, 5) is 38.8. The number of ether oxygens (including phenoxy) is 1. The normalized spacial score (nSPS) is 17.1. The fourth-order valence-electron chi connectivity index (χ4n) is 3.19. The van der Waals surface area contributed by atoms with E-state index in [0.717, 1.165) is 22.8 Å². The Bertz CT molecular complexity index is 782. The number of aromatic nitrogens is 3. The van der Waals surface area contributed by atoms with Crippen LogP contribution in [0.3, 0.4) is 0 Å². The average molecular weight is 389 g/mol. The third-order valence-electron chi connectivity index (χ3n) is 4.55. The van der Waals surface area contributed by atoms with Gasteiger partial charge in [-0.15, -0.1) is 0 Å². The van der Waals surface area contributed by atoms with E-state index in [1.165, 1.54) is 7.11 Å². The van der Waals surface area contributed by atoms with Gasteiger partial charge in [-0.3, -0.25) is 4.98 Å². The number of pyridine rings is 1. The molecule has 2 amide bonds. The van der Waals surface area contributed by atoms with Crippen LogP contribution in [0.2, 0.25) is 0 Å². The summed E-state index contributed by atoms with van der Waals surface area (Å²) >= 11 is 1.61. The predicted octanol–water partition coefficient (Wildman–Crippen LogP) is 1.76. The van der Waals surface area contributed by atoms with Crippen LogP contribution >= 0.6 is 11.8 Å². The molecular formula is C18H23N5O3S. The third-order valence-corrected chi connectivity index (χ3v) is 5.19. The Morgan fingerprint density at radius 1 is 1.44 bits per heavy atom. The summed E-state index contributed by atoms with van der Waals surface area (Å²) in [6.45, 7) is 0.499. The fraction of sp³-hybridized carbons (Fsp3) is 0.444. The van der Waals surface area contributed by atoms with Crippen molar-refractivity contribution in [1.82, 2.24) is 25.2 Å². The van der Waals surface area contributed by atoms with Crippen molar-refractivity contribution in [3.63, 3.8) is 0 Å². The number of amides is 2. The van der Waals surface area contributed by atoms with Crippen LogP contribution in [0.15, 0.2) is 30.7 Å². The van der Waals surface area contributed by atoms with Crippen molar-refractivity contribution >= 4 is 23.8 Å². The smallest absolute Gasteiger partial charge is 0.328 e. The molecule has 8 nitrogen and oxygen atoms in total. The molecule has 144 valence electrons. The Hall–Kier alpha value is -2.55. The lowest BCUT2D eigenvalue weighted by Crippen LogP contribution is -2.51. The van der Waals surface area contributed by atoms with Crippen LogP contribution in [0, 0.1) is 0 Å². The molecule has 9 heteroatoms. The van der Waals surface area contributed by atoms with Crippen molar-refractivity contribution in [3.8, 4) is 0 Å². The van der Waals surface area contributed by atoms with Gasteiger partial charge in [-0.25, -0.2) is 14.6 Å². The molecule has 2 aromatic rings. The number of urea groups is 1. The zero-order valence-corrected chi connectivity index (χ0v) is 16.2. The molecule has 2 atom stereocenters. The van der Waals surface area contributed by atoms with Gasteiger partial charge in [0.05, 0.1) is 24.8 Å². The number of thioether (sulfide) groups is 1. The number of rotatable bonds is 6. The minimum absolute atomic E-state index is 0.323. The van der Waals surface area contributed by atoms with Crippen molar-refractivity contribution in [3.05, 3.63) is 47.8 Å². The molecule has 0 saturated carbocycles.